The van der Waals surface area contributed by atoms with Crippen LogP contribution in [0, 0.1) is 6.92 Å². The summed E-state index contributed by atoms with van der Waals surface area (Å²) in [7, 11) is 3.66. The van der Waals surface area contributed by atoms with Crippen molar-refractivity contribution in [2.75, 3.05) is 32.1 Å². The highest BCUT2D eigenvalue weighted by Crippen LogP contribution is 2.26. The molecule has 0 aromatic carbocycles. The molecule has 1 aromatic heterocycles. The minimum Gasteiger partial charge on any atom is -0.481 e. The number of piperidine rings is 1. The molecule has 1 unspecified atom stereocenters. The molecule has 106 valence electrons. The van der Waals surface area contributed by atoms with Gasteiger partial charge in [-0.1, -0.05) is 0 Å². The summed E-state index contributed by atoms with van der Waals surface area (Å²) in [4.78, 5) is 11.3. The standard InChI is InChI=1S/C14H24N4O/c1-11-16-13(10-14(17-11)19-3)18-9-5-4-6-12(18)7-8-15-2/h10,12,15H,4-9H2,1-3H3. The lowest BCUT2D eigenvalue weighted by molar-refractivity contribution is 0.392. The topological polar surface area (TPSA) is 50.3 Å². The first-order valence-electron chi connectivity index (χ1n) is 7.05. The van der Waals surface area contributed by atoms with E-state index in [2.05, 4.69) is 20.2 Å². The predicted molar refractivity (Wildman–Crippen MR) is 76.8 cm³/mol. The van der Waals surface area contributed by atoms with E-state index in [-0.39, 0.29) is 0 Å². The summed E-state index contributed by atoms with van der Waals surface area (Å²) < 4.78 is 5.25. The van der Waals surface area contributed by atoms with Crippen molar-refractivity contribution in [1.82, 2.24) is 15.3 Å². The quantitative estimate of drug-likeness (QED) is 0.878. The van der Waals surface area contributed by atoms with Gasteiger partial charge in [0.05, 0.1) is 7.11 Å². The monoisotopic (exact) mass is 264 g/mol. The van der Waals surface area contributed by atoms with Crippen molar-refractivity contribution >= 4 is 5.82 Å². The molecular weight excluding hydrogens is 240 g/mol. The van der Waals surface area contributed by atoms with Crippen molar-refractivity contribution in [2.24, 2.45) is 0 Å². The summed E-state index contributed by atoms with van der Waals surface area (Å²) in [5.41, 5.74) is 0. The van der Waals surface area contributed by atoms with Crippen LogP contribution in [0.5, 0.6) is 5.88 Å². The largest absolute Gasteiger partial charge is 0.481 e. The summed E-state index contributed by atoms with van der Waals surface area (Å²) in [6.07, 6.45) is 4.95. The maximum atomic E-state index is 5.25. The fourth-order valence-electron chi connectivity index (χ4n) is 2.69. The molecule has 5 nitrogen and oxygen atoms in total. The van der Waals surface area contributed by atoms with Crippen LogP contribution in [-0.4, -0.2) is 43.3 Å². The third-order valence-electron chi connectivity index (χ3n) is 3.66. The van der Waals surface area contributed by atoms with Crippen LogP contribution in [0.1, 0.15) is 31.5 Å². The Bertz CT molecular complexity index is 410. The maximum absolute atomic E-state index is 5.25. The Morgan fingerprint density at radius 2 is 2.26 bits per heavy atom. The average molecular weight is 264 g/mol. The highest BCUT2D eigenvalue weighted by atomic mass is 16.5. The van der Waals surface area contributed by atoms with Gasteiger partial charge < -0.3 is 15.0 Å². The molecule has 19 heavy (non-hydrogen) atoms. The molecule has 2 heterocycles. The van der Waals surface area contributed by atoms with E-state index < -0.39 is 0 Å². The predicted octanol–water partition coefficient (Wildman–Crippen LogP) is 1.76. The summed E-state index contributed by atoms with van der Waals surface area (Å²) in [5, 5.41) is 3.24. The first-order valence-corrected chi connectivity index (χ1v) is 7.05. The van der Waals surface area contributed by atoms with Gasteiger partial charge in [-0.2, -0.15) is 4.98 Å². The van der Waals surface area contributed by atoms with Crippen LogP contribution in [0.4, 0.5) is 5.82 Å². The molecule has 1 atom stereocenters. The van der Waals surface area contributed by atoms with E-state index in [9.17, 15) is 0 Å². The first kappa shape index (κ1) is 14.1. The Balaban J connectivity index is 2.18. The maximum Gasteiger partial charge on any atom is 0.218 e. The van der Waals surface area contributed by atoms with Crippen LogP contribution in [0.25, 0.3) is 0 Å². The molecule has 1 aromatic rings. The number of nitrogens with zero attached hydrogens (tertiary/aromatic N) is 3. The minimum atomic E-state index is 0.570. The van der Waals surface area contributed by atoms with Gasteiger partial charge in [0.2, 0.25) is 5.88 Å². The molecule has 1 saturated heterocycles. The molecule has 1 N–H and O–H groups in total. The highest BCUT2D eigenvalue weighted by Gasteiger charge is 2.23. The van der Waals surface area contributed by atoms with Crippen LogP contribution < -0.4 is 15.0 Å². The van der Waals surface area contributed by atoms with Crippen LogP contribution >= 0.6 is 0 Å². The van der Waals surface area contributed by atoms with Crippen LogP contribution in [0.2, 0.25) is 0 Å². The smallest absolute Gasteiger partial charge is 0.218 e. The Labute approximate surface area is 115 Å². The second-order valence-corrected chi connectivity index (χ2v) is 5.05. The first-order chi connectivity index (χ1) is 9.24. The fourth-order valence-corrected chi connectivity index (χ4v) is 2.69. The zero-order chi connectivity index (χ0) is 13.7. The van der Waals surface area contributed by atoms with Gasteiger partial charge in [-0.15, -0.1) is 0 Å². The lowest BCUT2D eigenvalue weighted by Crippen LogP contribution is -2.41. The molecule has 2 rings (SSSR count). The molecule has 1 aliphatic heterocycles. The molecule has 0 saturated carbocycles. The number of hydrogen-bond acceptors (Lipinski definition) is 5. The normalized spacial score (nSPS) is 19.5. The van der Waals surface area contributed by atoms with Gasteiger partial charge >= 0.3 is 0 Å². The van der Waals surface area contributed by atoms with E-state index in [1.165, 1.54) is 19.3 Å². The summed E-state index contributed by atoms with van der Waals surface area (Å²) >= 11 is 0. The van der Waals surface area contributed by atoms with E-state index in [4.69, 9.17) is 4.74 Å². The Morgan fingerprint density at radius 3 is 3.00 bits per heavy atom. The van der Waals surface area contributed by atoms with Gasteiger partial charge in [0.25, 0.3) is 0 Å². The molecule has 0 amide bonds. The van der Waals surface area contributed by atoms with Crippen molar-refractivity contribution in [3.63, 3.8) is 0 Å². The second kappa shape index (κ2) is 6.70. The number of ether oxygens (including phenoxy) is 1. The van der Waals surface area contributed by atoms with Crippen molar-refractivity contribution in [3.05, 3.63) is 11.9 Å². The van der Waals surface area contributed by atoms with Gasteiger partial charge in [0.1, 0.15) is 11.6 Å². The SMILES string of the molecule is CNCCC1CCCCN1c1cc(OC)nc(C)n1. The van der Waals surface area contributed by atoms with Gasteiger partial charge in [-0.05, 0) is 46.2 Å². The molecule has 5 heteroatoms. The number of aryl methyl sites for hydroxylation is 1. The number of nitrogens with one attached hydrogen (secondary N) is 1. The van der Waals surface area contributed by atoms with Crippen molar-refractivity contribution < 1.29 is 4.74 Å². The highest BCUT2D eigenvalue weighted by molar-refractivity contribution is 5.43. The van der Waals surface area contributed by atoms with Crippen LogP contribution in [-0.2, 0) is 0 Å². The zero-order valence-corrected chi connectivity index (χ0v) is 12.1. The third kappa shape index (κ3) is 3.56. The van der Waals surface area contributed by atoms with Gasteiger partial charge in [0, 0.05) is 18.7 Å². The number of aromatic nitrogens is 2. The van der Waals surface area contributed by atoms with E-state index in [0.29, 0.717) is 11.9 Å². The van der Waals surface area contributed by atoms with Crippen molar-refractivity contribution in [2.45, 2.75) is 38.6 Å². The molecule has 0 radical (unpaired) electrons. The summed E-state index contributed by atoms with van der Waals surface area (Å²) in [6, 6.07) is 2.52. The Kier molecular flexibility index (Phi) is 4.96. The van der Waals surface area contributed by atoms with Crippen LogP contribution in [0.15, 0.2) is 6.07 Å². The number of methoxy groups -OCH3 is 1. The second-order valence-electron chi connectivity index (χ2n) is 5.05. The summed E-state index contributed by atoms with van der Waals surface area (Å²) in [5.74, 6) is 2.43. The molecule has 1 aliphatic rings. The third-order valence-corrected chi connectivity index (χ3v) is 3.66. The van der Waals surface area contributed by atoms with E-state index in [0.717, 1.165) is 31.2 Å². The van der Waals surface area contributed by atoms with Crippen molar-refractivity contribution in [1.29, 1.82) is 0 Å². The van der Waals surface area contributed by atoms with E-state index in [1.54, 1.807) is 7.11 Å². The van der Waals surface area contributed by atoms with Gasteiger partial charge in [0.15, 0.2) is 0 Å². The van der Waals surface area contributed by atoms with Gasteiger partial charge in [-0.3, -0.25) is 0 Å². The lowest BCUT2D eigenvalue weighted by Gasteiger charge is -2.37. The number of rotatable bonds is 5. The number of anilines is 1. The molecule has 0 bridgehead atoms. The molecule has 0 spiro atoms. The van der Waals surface area contributed by atoms with E-state index in [1.807, 2.05) is 20.0 Å². The lowest BCUT2D eigenvalue weighted by atomic mass is 9.99. The average Bonchev–Trinajstić information content (AvgIpc) is 2.44. The van der Waals surface area contributed by atoms with Gasteiger partial charge in [-0.25, -0.2) is 4.98 Å². The van der Waals surface area contributed by atoms with Crippen molar-refractivity contribution in [3.8, 4) is 5.88 Å². The minimum absolute atomic E-state index is 0.570. The Morgan fingerprint density at radius 1 is 1.42 bits per heavy atom. The molecule has 1 fully saturated rings. The zero-order valence-electron chi connectivity index (χ0n) is 12.1. The van der Waals surface area contributed by atoms with Crippen LogP contribution in [0.3, 0.4) is 0 Å². The molecular formula is C14H24N4O. The van der Waals surface area contributed by atoms with E-state index >= 15 is 0 Å². The number of hydrogen-bond donors (Lipinski definition) is 1. The summed E-state index contributed by atoms with van der Waals surface area (Å²) in [6.45, 7) is 4.04. The molecule has 0 aliphatic carbocycles. The Hall–Kier alpha value is -1.36. The fraction of sp³-hybridized carbons (Fsp3) is 0.714.